The molecule has 1 aliphatic carbocycles. The molecule has 0 bridgehead atoms. The van der Waals surface area contributed by atoms with Gasteiger partial charge in [0.1, 0.15) is 0 Å². The van der Waals surface area contributed by atoms with Gasteiger partial charge in [0.15, 0.2) is 0 Å². The Morgan fingerprint density at radius 1 is 0.815 bits per heavy atom. The number of fused-ring (bicyclic) bond motifs is 3. The summed E-state index contributed by atoms with van der Waals surface area (Å²) in [6, 6.07) is 25.3. The first-order chi connectivity index (χ1) is 13.3. The van der Waals surface area contributed by atoms with Crippen LogP contribution in [0.4, 0.5) is 0 Å². The predicted molar refractivity (Wildman–Crippen MR) is 118 cm³/mol. The van der Waals surface area contributed by atoms with E-state index in [0.29, 0.717) is 0 Å². The van der Waals surface area contributed by atoms with Crippen molar-refractivity contribution in [2.45, 2.75) is 45.4 Å². The molecule has 0 unspecified atom stereocenters. The van der Waals surface area contributed by atoms with E-state index in [0.717, 1.165) is 12.3 Å². The maximum atomic E-state index is 2.35. The van der Waals surface area contributed by atoms with Crippen molar-refractivity contribution in [2.24, 2.45) is 0 Å². The van der Waals surface area contributed by atoms with Crippen molar-refractivity contribution in [3.05, 3.63) is 83.4 Å². The van der Waals surface area contributed by atoms with Crippen molar-refractivity contribution in [1.82, 2.24) is 0 Å². The van der Waals surface area contributed by atoms with Gasteiger partial charge in [-0.25, -0.2) is 0 Å². The molecule has 0 spiro atoms. The topological polar surface area (TPSA) is 0 Å². The average molecular weight is 351 g/mol. The van der Waals surface area contributed by atoms with Crippen LogP contribution in [0.15, 0.2) is 66.7 Å². The average Bonchev–Trinajstić information content (AvgIpc) is 2.66. The fraction of sp³-hybridized carbons (Fsp3) is 0.259. The van der Waals surface area contributed by atoms with Gasteiger partial charge in [0.25, 0.3) is 0 Å². The standard InChI is InChI=1S/C27H26/c1-3-19-12-15-23-21(17-19)13-16-26-24(23)14-11-18(2)27(26)25-10-5-4-9-22(25)20-7-6-8-20/h4-5,9-17,20H,3,6-8H2,1-2H3. The van der Waals surface area contributed by atoms with Crippen molar-refractivity contribution in [3.63, 3.8) is 0 Å². The van der Waals surface area contributed by atoms with E-state index in [1.54, 1.807) is 5.56 Å². The Balaban J connectivity index is 1.80. The fourth-order valence-electron chi connectivity index (χ4n) is 4.68. The summed E-state index contributed by atoms with van der Waals surface area (Å²) in [6.07, 6.45) is 5.13. The molecular formula is C27H26. The molecule has 4 aromatic rings. The van der Waals surface area contributed by atoms with E-state index < -0.39 is 0 Å². The second-order valence-corrected chi connectivity index (χ2v) is 8.04. The largest absolute Gasteiger partial charge is 0.0619 e. The van der Waals surface area contributed by atoms with Gasteiger partial charge in [-0.3, -0.25) is 0 Å². The fourth-order valence-corrected chi connectivity index (χ4v) is 4.68. The Morgan fingerprint density at radius 2 is 1.59 bits per heavy atom. The predicted octanol–water partition coefficient (Wildman–Crippen LogP) is 7.80. The molecular weight excluding hydrogens is 324 g/mol. The van der Waals surface area contributed by atoms with Crippen LogP contribution in [0, 0.1) is 6.92 Å². The zero-order valence-corrected chi connectivity index (χ0v) is 16.3. The second-order valence-electron chi connectivity index (χ2n) is 8.04. The van der Waals surface area contributed by atoms with Crippen LogP contribution in [0.5, 0.6) is 0 Å². The molecule has 5 rings (SSSR count). The first-order valence-corrected chi connectivity index (χ1v) is 10.3. The molecule has 0 nitrogen and oxygen atoms in total. The first kappa shape index (κ1) is 16.6. The second kappa shape index (κ2) is 6.53. The summed E-state index contributed by atoms with van der Waals surface area (Å²) < 4.78 is 0. The van der Waals surface area contributed by atoms with Gasteiger partial charge in [0.05, 0.1) is 0 Å². The number of rotatable bonds is 3. The molecule has 0 amide bonds. The minimum atomic E-state index is 0.739. The van der Waals surface area contributed by atoms with Crippen molar-refractivity contribution in [1.29, 1.82) is 0 Å². The zero-order chi connectivity index (χ0) is 18.4. The highest BCUT2D eigenvalue weighted by molar-refractivity contribution is 6.13. The summed E-state index contributed by atoms with van der Waals surface area (Å²) in [4.78, 5) is 0. The molecule has 1 fully saturated rings. The third kappa shape index (κ3) is 2.67. The summed E-state index contributed by atoms with van der Waals surface area (Å²) in [5, 5.41) is 5.48. The van der Waals surface area contributed by atoms with E-state index in [9.17, 15) is 0 Å². The molecule has 4 aromatic carbocycles. The highest BCUT2D eigenvalue weighted by atomic mass is 14.3. The van der Waals surface area contributed by atoms with Gasteiger partial charge in [0, 0.05) is 0 Å². The maximum Gasteiger partial charge on any atom is -0.00730 e. The van der Waals surface area contributed by atoms with Crippen LogP contribution in [-0.2, 0) is 6.42 Å². The van der Waals surface area contributed by atoms with Crippen LogP contribution >= 0.6 is 0 Å². The molecule has 134 valence electrons. The lowest BCUT2D eigenvalue weighted by Gasteiger charge is -2.28. The van der Waals surface area contributed by atoms with Crippen LogP contribution in [-0.4, -0.2) is 0 Å². The van der Waals surface area contributed by atoms with Crippen LogP contribution in [0.3, 0.4) is 0 Å². The minimum Gasteiger partial charge on any atom is -0.0619 e. The van der Waals surface area contributed by atoms with Gasteiger partial charge in [-0.15, -0.1) is 0 Å². The minimum absolute atomic E-state index is 0.739. The SMILES string of the molecule is CCc1ccc2c(ccc3c(-c4ccccc4C4CCC4)c(C)ccc32)c1. The highest BCUT2D eigenvalue weighted by Gasteiger charge is 2.23. The monoisotopic (exact) mass is 350 g/mol. The molecule has 0 aliphatic heterocycles. The van der Waals surface area contributed by atoms with Crippen LogP contribution in [0.25, 0.3) is 32.7 Å². The Hall–Kier alpha value is -2.60. The summed E-state index contributed by atoms with van der Waals surface area (Å²) in [7, 11) is 0. The van der Waals surface area contributed by atoms with Gasteiger partial charge >= 0.3 is 0 Å². The molecule has 0 saturated heterocycles. The highest BCUT2D eigenvalue weighted by Crippen LogP contribution is 2.44. The van der Waals surface area contributed by atoms with E-state index in [1.165, 1.54) is 63.1 Å². The molecule has 1 aliphatic rings. The summed E-state index contributed by atoms with van der Waals surface area (Å²) in [6.45, 7) is 4.48. The Bertz CT molecular complexity index is 1150. The summed E-state index contributed by atoms with van der Waals surface area (Å²) >= 11 is 0. The van der Waals surface area contributed by atoms with Gasteiger partial charge < -0.3 is 0 Å². The molecule has 0 heterocycles. The molecule has 27 heavy (non-hydrogen) atoms. The zero-order valence-electron chi connectivity index (χ0n) is 16.3. The molecule has 0 heteroatoms. The van der Waals surface area contributed by atoms with Crippen LogP contribution in [0.2, 0.25) is 0 Å². The van der Waals surface area contributed by atoms with E-state index in [1.807, 2.05) is 0 Å². The summed E-state index contributed by atoms with van der Waals surface area (Å²) in [5.41, 5.74) is 7.19. The van der Waals surface area contributed by atoms with E-state index in [-0.39, 0.29) is 0 Å². The smallest absolute Gasteiger partial charge is 0.00730 e. The lowest BCUT2D eigenvalue weighted by molar-refractivity contribution is 0.420. The maximum absolute atomic E-state index is 2.35. The van der Waals surface area contributed by atoms with E-state index in [4.69, 9.17) is 0 Å². The normalized spacial score (nSPS) is 14.6. The molecule has 0 radical (unpaired) electrons. The van der Waals surface area contributed by atoms with Crippen LogP contribution in [0.1, 0.15) is 48.8 Å². The van der Waals surface area contributed by atoms with Crippen LogP contribution < -0.4 is 0 Å². The molecule has 1 saturated carbocycles. The van der Waals surface area contributed by atoms with Gasteiger partial charge in [0.2, 0.25) is 0 Å². The number of aryl methyl sites for hydroxylation is 2. The number of benzene rings is 4. The Kier molecular flexibility index (Phi) is 4.01. The van der Waals surface area contributed by atoms with Gasteiger partial charge in [-0.1, -0.05) is 80.1 Å². The number of hydrogen-bond donors (Lipinski definition) is 0. The van der Waals surface area contributed by atoms with Gasteiger partial charge in [-0.2, -0.15) is 0 Å². The third-order valence-electron chi connectivity index (χ3n) is 6.47. The van der Waals surface area contributed by atoms with Crippen molar-refractivity contribution < 1.29 is 0 Å². The quantitative estimate of drug-likeness (QED) is 0.331. The molecule has 0 atom stereocenters. The molecule has 0 aromatic heterocycles. The summed E-state index contributed by atoms with van der Waals surface area (Å²) in [5.74, 6) is 0.739. The van der Waals surface area contributed by atoms with Gasteiger partial charge in [-0.05, 0) is 81.5 Å². The Labute approximate surface area is 161 Å². The Morgan fingerprint density at radius 3 is 2.37 bits per heavy atom. The van der Waals surface area contributed by atoms with Crippen molar-refractivity contribution in [3.8, 4) is 11.1 Å². The van der Waals surface area contributed by atoms with E-state index >= 15 is 0 Å². The lowest BCUT2D eigenvalue weighted by Crippen LogP contribution is -2.10. The number of hydrogen-bond acceptors (Lipinski definition) is 0. The third-order valence-corrected chi connectivity index (χ3v) is 6.47. The van der Waals surface area contributed by atoms with E-state index in [2.05, 4.69) is 80.6 Å². The first-order valence-electron chi connectivity index (χ1n) is 10.3. The molecule has 0 N–H and O–H groups in total. The lowest BCUT2D eigenvalue weighted by atomic mass is 9.76. The van der Waals surface area contributed by atoms with Crippen molar-refractivity contribution >= 4 is 21.5 Å². The van der Waals surface area contributed by atoms with Crippen molar-refractivity contribution in [2.75, 3.05) is 0 Å².